The van der Waals surface area contributed by atoms with E-state index in [-0.39, 0.29) is 12.9 Å². The van der Waals surface area contributed by atoms with Crippen LogP contribution in [0.4, 0.5) is 0 Å². The van der Waals surface area contributed by atoms with E-state index in [2.05, 4.69) is 0 Å². The molecule has 0 saturated carbocycles. The molecule has 0 bridgehead atoms. The van der Waals surface area contributed by atoms with Crippen LogP contribution in [-0.2, 0) is 14.9 Å². The zero-order valence-corrected chi connectivity index (χ0v) is 13.8. The van der Waals surface area contributed by atoms with E-state index in [0.29, 0.717) is 23.1 Å². The predicted molar refractivity (Wildman–Crippen MR) is 85.1 cm³/mol. The van der Waals surface area contributed by atoms with Crippen molar-refractivity contribution < 1.29 is 14.6 Å². The lowest BCUT2D eigenvalue weighted by Gasteiger charge is -2.30. The summed E-state index contributed by atoms with van der Waals surface area (Å²) in [6.07, 6.45) is 3.80. The first-order valence-electron chi connectivity index (χ1n) is 7.35. The number of hydrogen-bond donors (Lipinski definition) is 1. The second-order valence-electron chi connectivity index (χ2n) is 5.76. The molecule has 0 radical (unpaired) electrons. The Kier molecular flexibility index (Phi) is 6.33. The summed E-state index contributed by atoms with van der Waals surface area (Å²) in [7, 11) is 0. The fourth-order valence-electron chi connectivity index (χ4n) is 2.44. The highest BCUT2D eigenvalue weighted by Crippen LogP contribution is 2.32. The molecule has 1 aliphatic rings. The van der Waals surface area contributed by atoms with E-state index in [0.717, 1.165) is 31.4 Å². The predicted octanol–water partition coefficient (Wildman–Crippen LogP) is 4.18. The van der Waals surface area contributed by atoms with E-state index in [1.54, 1.807) is 6.07 Å². The summed E-state index contributed by atoms with van der Waals surface area (Å²) in [5.41, 5.74) is 0.565. The zero-order chi connectivity index (χ0) is 15.3. The number of ether oxygens (including phenoxy) is 2. The summed E-state index contributed by atoms with van der Waals surface area (Å²) in [5.74, 6) is 0. The van der Waals surface area contributed by atoms with E-state index >= 15 is 0 Å². The second-order valence-corrected chi connectivity index (χ2v) is 6.58. The molecule has 0 aliphatic carbocycles. The summed E-state index contributed by atoms with van der Waals surface area (Å²) >= 11 is 12.0. The molecule has 2 rings (SSSR count). The molecule has 1 fully saturated rings. The van der Waals surface area contributed by atoms with Crippen LogP contribution in [0, 0.1) is 0 Å². The minimum absolute atomic E-state index is 0.0276. The number of rotatable bonds is 6. The molecular formula is C16H22Cl2O3. The van der Waals surface area contributed by atoms with Crippen LogP contribution in [0.1, 0.15) is 38.2 Å². The Morgan fingerprint density at radius 1 is 1.33 bits per heavy atom. The molecule has 0 amide bonds. The average Bonchev–Trinajstić information content (AvgIpc) is 2.51. The van der Waals surface area contributed by atoms with Crippen LogP contribution in [-0.4, -0.2) is 31.2 Å². The van der Waals surface area contributed by atoms with E-state index in [9.17, 15) is 5.11 Å². The van der Waals surface area contributed by atoms with Crippen LogP contribution < -0.4 is 0 Å². The second kappa shape index (κ2) is 7.80. The lowest BCUT2D eigenvalue weighted by atomic mass is 9.80. The Morgan fingerprint density at radius 3 is 2.76 bits per heavy atom. The van der Waals surface area contributed by atoms with Gasteiger partial charge in [-0.3, -0.25) is 0 Å². The molecule has 1 aromatic rings. The van der Waals surface area contributed by atoms with Gasteiger partial charge in [-0.05, 0) is 43.4 Å². The zero-order valence-electron chi connectivity index (χ0n) is 12.3. The lowest BCUT2D eigenvalue weighted by molar-refractivity contribution is -0.165. The number of halogens is 2. The van der Waals surface area contributed by atoms with E-state index in [4.69, 9.17) is 32.7 Å². The first kappa shape index (κ1) is 17.0. The maximum absolute atomic E-state index is 9.77. The van der Waals surface area contributed by atoms with E-state index < -0.39 is 5.41 Å². The summed E-state index contributed by atoms with van der Waals surface area (Å²) < 4.78 is 11.3. The van der Waals surface area contributed by atoms with Crippen molar-refractivity contribution in [3.63, 3.8) is 0 Å². The molecule has 2 atom stereocenters. The van der Waals surface area contributed by atoms with Gasteiger partial charge in [0.1, 0.15) is 0 Å². The minimum Gasteiger partial charge on any atom is -0.395 e. The molecule has 2 unspecified atom stereocenters. The van der Waals surface area contributed by atoms with Crippen molar-refractivity contribution in [3.8, 4) is 0 Å². The number of aliphatic hydroxyl groups excluding tert-OH is 1. The van der Waals surface area contributed by atoms with Crippen LogP contribution >= 0.6 is 23.2 Å². The Labute approximate surface area is 136 Å². The summed E-state index contributed by atoms with van der Waals surface area (Å²) in [6.45, 7) is 3.34. The summed E-state index contributed by atoms with van der Waals surface area (Å²) in [6, 6.07) is 5.48. The van der Waals surface area contributed by atoms with Crippen molar-refractivity contribution in [2.24, 2.45) is 0 Å². The maximum Gasteiger partial charge on any atom is 0.157 e. The van der Waals surface area contributed by atoms with Gasteiger partial charge in [0.05, 0.1) is 23.3 Å². The monoisotopic (exact) mass is 332 g/mol. The molecule has 3 nitrogen and oxygen atoms in total. The number of benzene rings is 1. The molecule has 1 aromatic carbocycles. The van der Waals surface area contributed by atoms with Crippen LogP contribution in [0.5, 0.6) is 0 Å². The summed E-state index contributed by atoms with van der Waals surface area (Å²) in [4.78, 5) is 0. The topological polar surface area (TPSA) is 38.7 Å². The van der Waals surface area contributed by atoms with Crippen LogP contribution in [0.15, 0.2) is 18.2 Å². The highest BCUT2D eigenvalue weighted by molar-refractivity contribution is 6.42. The van der Waals surface area contributed by atoms with Crippen LogP contribution in [0.2, 0.25) is 10.0 Å². The Balaban J connectivity index is 1.94. The van der Waals surface area contributed by atoms with E-state index in [1.165, 1.54) is 0 Å². The number of aliphatic hydroxyl groups is 1. The van der Waals surface area contributed by atoms with Crippen LogP contribution in [0.3, 0.4) is 0 Å². The standard InChI is InChI=1S/C16H22Cl2O3/c1-16(11-19,12-5-6-13(17)14(18)10-12)7-9-21-15-4-2-3-8-20-15/h5-6,10,15,19H,2-4,7-9,11H2,1H3. The smallest absolute Gasteiger partial charge is 0.157 e. The highest BCUT2D eigenvalue weighted by atomic mass is 35.5. The molecule has 1 heterocycles. The van der Waals surface area contributed by atoms with Gasteiger partial charge >= 0.3 is 0 Å². The van der Waals surface area contributed by atoms with Crippen LogP contribution in [0.25, 0.3) is 0 Å². The van der Waals surface area contributed by atoms with Gasteiger partial charge in [0.2, 0.25) is 0 Å². The molecule has 0 spiro atoms. The SMILES string of the molecule is CC(CO)(CCOC1CCCCO1)c1ccc(Cl)c(Cl)c1. The van der Waals surface area contributed by atoms with Gasteiger partial charge in [-0.25, -0.2) is 0 Å². The van der Waals surface area contributed by atoms with Gasteiger partial charge in [0, 0.05) is 12.0 Å². The Bertz CT molecular complexity index is 461. The first-order chi connectivity index (χ1) is 10.0. The maximum atomic E-state index is 9.77. The van der Waals surface area contributed by atoms with Crippen molar-refractivity contribution in [2.75, 3.05) is 19.8 Å². The van der Waals surface area contributed by atoms with Gasteiger partial charge in [-0.15, -0.1) is 0 Å². The third-order valence-electron chi connectivity index (χ3n) is 4.06. The summed E-state index contributed by atoms with van der Waals surface area (Å²) in [5, 5.41) is 10.8. The quantitative estimate of drug-likeness (QED) is 0.849. The minimum atomic E-state index is -0.400. The number of hydrogen-bond acceptors (Lipinski definition) is 3. The molecule has 1 saturated heterocycles. The van der Waals surface area contributed by atoms with Gasteiger partial charge in [0.25, 0.3) is 0 Å². The van der Waals surface area contributed by atoms with Crippen molar-refractivity contribution in [1.29, 1.82) is 0 Å². The fourth-order valence-corrected chi connectivity index (χ4v) is 2.74. The molecule has 0 aromatic heterocycles. The average molecular weight is 333 g/mol. The van der Waals surface area contributed by atoms with Crippen molar-refractivity contribution >= 4 is 23.2 Å². The molecular weight excluding hydrogens is 311 g/mol. The molecule has 118 valence electrons. The molecule has 1 aliphatic heterocycles. The third-order valence-corrected chi connectivity index (χ3v) is 4.80. The normalized spacial score (nSPS) is 22.0. The van der Waals surface area contributed by atoms with Gasteiger partial charge in [-0.1, -0.05) is 36.2 Å². The van der Waals surface area contributed by atoms with Crippen molar-refractivity contribution in [3.05, 3.63) is 33.8 Å². The molecule has 21 heavy (non-hydrogen) atoms. The van der Waals surface area contributed by atoms with E-state index in [1.807, 2.05) is 19.1 Å². The highest BCUT2D eigenvalue weighted by Gasteiger charge is 2.27. The molecule has 5 heteroatoms. The van der Waals surface area contributed by atoms with Gasteiger partial charge in [-0.2, -0.15) is 0 Å². The Hall–Kier alpha value is -0.320. The fraction of sp³-hybridized carbons (Fsp3) is 0.625. The van der Waals surface area contributed by atoms with Gasteiger partial charge in [0.15, 0.2) is 6.29 Å². The van der Waals surface area contributed by atoms with Crippen molar-refractivity contribution in [1.82, 2.24) is 0 Å². The van der Waals surface area contributed by atoms with Crippen molar-refractivity contribution in [2.45, 2.75) is 44.3 Å². The third kappa shape index (κ3) is 4.57. The largest absolute Gasteiger partial charge is 0.395 e. The van der Waals surface area contributed by atoms with Gasteiger partial charge < -0.3 is 14.6 Å². The first-order valence-corrected chi connectivity index (χ1v) is 8.10. The molecule has 1 N–H and O–H groups in total. The Morgan fingerprint density at radius 2 is 2.14 bits per heavy atom. The lowest BCUT2D eigenvalue weighted by Crippen LogP contribution is -2.30.